The third-order valence-corrected chi connectivity index (χ3v) is 5.75. The Morgan fingerprint density at radius 2 is 1.42 bits per heavy atom. The van der Waals surface area contributed by atoms with Crippen molar-refractivity contribution in [3.8, 4) is 5.75 Å². The van der Waals surface area contributed by atoms with Crippen molar-refractivity contribution in [2.24, 2.45) is 5.10 Å². The van der Waals surface area contributed by atoms with Crippen LogP contribution in [0.3, 0.4) is 0 Å². The quantitative estimate of drug-likeness (QED) is 0.266. The van der Waals surface area contributed by atoms with Crippen LogP contribution in [0.15, 0.2) is 88.9 Å². The normalized spacial score (nSPS) is 11.4. The highest BCUT2D eigenvalue weighted by molar-refractivity contribution is 7.90. The van der Waals surface area contributed by atoms with E-state index in [1.165, 1.54) is 31.4 Å². The van der Waals surface area contributed by atoms with Gasteiger partial charge in [-0.1, -0.05) is 35.9 Å². The van der Waals surface area contributed by atoms with Gasteiger partial charge in [0.15, 0.2) is 0 Å². The molecule has 3 N–H and O–H groups in total. The van der Waals surface area contributed by atoms with E-state index >= 15 is 0 Å². The Balaban J connectivity index is 1.86. The molecular weight excluding hydrogens is 444 g/mol. The Hall–Kier alpha value is -4.18. The van der Waals surface area contributed by atoms with E-state index in [0.717, 1.165) is 5.56 Å². The van der Waals surface area contributed by atoms with Gasteiger partial charge in [0.25, 0.3) is 21.8 Å². The molecule has 0 atom stereocenters. The van der Waals surface area contributed by atoms with E-state index in [0.29, 0.717) is 17.1 Å². The Morgan fingerprint density at radius 1 is 0.818 bits per heavy atom. The second kappa shape index (κ2) is 10.4. The van der Waals surface area contributed by atoms with Crippen molar-refractivity contribution in [1.82, 2.24) is 4.72 Å². The second-order valence-electron chi connectivity index (χ2n) is 6.87. The molecule has 170 valence electrons. The summed E-state index contributed by atoms with van der Waals surface area (Å²) < 4.78 is 32.1. The smallest absolute Gasteiger partial charge is 0.291 e. The SMILES string of the molecule is COc1ccc(NN=C(C(=O)Nc2ccc(C)cc2)C(=O)NS(=O)(=O)c2ccccc2)cc1. The van der Waals surface area contributed by atoms with Crippen LogP contribution in [-0.2, 0) is 19.6 Å². The molecule has 0 aliphatic heterocycles. The molecule has 0 saturated carbocycles. The number of hydrogen-bond acceptors (Lipinski definition) is 7. The Labute approximate surface area is 191 Å². The molecule has 2 amide bonds. The molecule has 0 spiro atoms. The van der Waals surface area contributed by atoms with E-state index in [2.05, 4.69) is 15.8 Å². The summed E-state index contributed by atoms with van der Waals surface area (Å²) in [5, 5.41) is 6.42. The number of carbonyl (C=O) groups is 2. The number of hydrazone groups is 1. The third-order valence-electron chi connectivity index (χ3n) is 4.41. The molecule has 0 heterocycles. The van der Waals surface area contributed by atoms with E-state index in [1.54, 1.807) is 54.6 Å². The molecule has 0 radical (unpaired) electrons. The summed E-state index contributed by atoms with van der Waals surface area (Å²) in [4.78, 5) is 25.5. The van der Waals surface area contributed by atoms with Crippen LogP contribution in [0.1, 0.15) is 5.56 Å². The fourth-order valence-electron chi connectivity index (χ4n) is 2.65. The zero-order valence-electron chi connectivity index (χ0n) is 17.9. The molecule has 3 aromatic rings. The molecule has 0 aliphatic rings. The van der Waals surface area contributed by atoms with Gasteiger partial charge < -0.3 is 10.1 Å². The molecule has 0 unspecified atom stereocenters. The van der Waals surface area contributed by atoms with Crippen molar-refractivity contribution in [2.45, 2.75) is 11.8 Å². The first-order chi connectivity index (χ1) is 15.8. The molecule has 0 aromatic heterocycles. The van der Waals surface area contributed by atoms with Crippen molar-refractivity contribution >= 4 is 38.9 Å². The number of rotatable bonds is 8. The number of carbonyl (C=O) groups excluding carboxylic acids is 2. The van der Waals surface area contributed by atoms with E-state index in [1.807, 2.05) is 11.6 Å². The highest BCUT2D eigenvalue weighted by atomic mass is 32.2. The van der Waals surface area contributed by atoms with Gasteiger partial charge >= 0.3 is 0 Å². The first-order valence-corrected chi connectivity index (χ1v) is 11.2. The fraction of sp³-hybridized carbons (Fsp3) is 0.0870. The molecule has 0 fully saturated rings. The Morgan fingerprint density at radius 3 is 2.03 bits per heavy atom. The lowest BCUT2D eigenvalue weighted by atomic mass is 10.2. The van der Waals surface area contributed by atoms with Gasteiger partial charge in [-0.2, -0.15) is 5.10 Å². The zero-order valence-corrected chi connectivity index (χ0v) is 18.7. The number of ether oxygens (including phenoxy) is 1. The summed E-state index contributed by atoms with van der Waals surface area (Å²) in [6, 6.07) is 20.8. The minimum atomic E-state index is -4.21. The zero-order chi connectivity index (χ0) is 23.8. The predicted molar refractivity (Wildman–Crippen MR) is 126 cm³/mol. The minimum absolute atomic E-state index is 0.125. The maximum absolute atomic E-state index is 12.8. The van der Waals surface area contributed by atoms with E-state index < -0.39 is 27.5 Å². The summed E-state index contributed by atoms with van der Waals surface area (Å²) in [5.41, 5.74) is 3.77. The number of anilines is 2. The molecule has 0 bridgehead atoms. The van der Waals surface area contributed by atoms with Crippen molar-refractivity contribution in [3.05, 3.63) is 84.4 Å². The third kappa shape index (κ3) is 6.40. The van der Waals surface area contributed by atoms with Crippen molar-refractivity contribution in [2.75, 3.05) is 17.9 Å². The van der Waals surface area contributed by atoms with Gasteiger partial charge in [0.05, 0.1) is 17.7 Å². The number of nitrogens with one attached hydrogen (secondary N) is 3. The average molecular weight is 467 g/mol. The molecule has 9 nitrogen and oxygen atoms in total. The maximum atomic E-state index is 12.8. The van der Waals surface area contributed by atoms with Gasteiger partial charge in [-0.3, -0.25) is 15.0 Å². The van der Waals surface area contributed by atoms with Crippen molar-refractivity contribution < 1.29 is 22.7 Å². The predicted octanol–water partition coefficient (Wildman–Crippen LogP) is 2.92. The highest BCUT2D eigenvalue weighted by Gasteiger charge is 2.26. The topological polar surface area (TPSA) is 126 Å². The number of sulfonamides is 1. The monoisotopic (exact) mass is 466 g/mol. The second-order valence-corrected chi connectivity index (χ2v) is 8.55. The first kappa shape index (κ1) is 23.5. The highest BCUT2D eigenvalue weighted by Crippen LogP contribution is 2.15. The molecular formula is C23H22N4O5S. The molecule has 33 heavy (non-hydrogen) atoms. The lowest BCUT2D eigenvalue weighted by Gasteiger charge is -2.11. The van der Waals surface area contributed by atoms with E-state index in [9.17, 15) is 18.0 Å². The van der Waals surface area contributed by atoms with Crippen LogP contribution in [0.4, 0.5) is 11.4 Å². The summed E-state index contributed by atoms with van der Waals surface area (Å²) in [6.07, 6.45) is 0. The molecule has 3 rings (SSSR count). The number of aryl methyl sites for hydroxylation is 1. The molecule has 0 aliphatic carbocycles. The largest absolute Gasteiger partial charge is 0.497 e. The molecule has 10 heteroatoms. The summed E-state index contributed by atoms with van der Waals surface area (Å²) in [5.74, 6) is -1.47. The first-order valence-electron chi connectivity index (χ1n) is 9.76. The lowest BCUT2D eigenvalue weighted by molar-refractivity contribution is -0.115. The number of hydrogen-bond donors (Lipinski definition) is 3. The van der Waals surface area contributed by atoms with Gasteiger partial charge in [0.2, 0.25) is 5.71 Å². The van der Waals surface area contributed by atoms with Crippen LogP contribution in [0.5, 0.6) is 5.75 Å². The standard InChI is InChI=1S/C23H22N4O5S/c1-16-8-10-17(11-9-16)24-22(28)21(26-25-18-12-14-19(32-2)15-13-18)23(29)27-33(30,31)20-6-4-3-5-7-20/h3-15,25H,1-2H3,(H,24,28)(H,27,29). The van der Waals surface area contributed by atoms with Crippen molar-refractivity contribution in [1.29, 1.82) is 0 Å². The average Bonchev–Trinajstić information content (AvgIpc) is 2.81. The van der Waals surface area contributed by atoms with Gasteiger partial charge in [-0.15, -0.1) is 0 Å². The van der Waals surface area contributed by atoms with Gasteiger partial charge in [-0.25, -0.2) is 13.1 Å². The number of amides is 2. The van der Waals surface area contributed by atoms with Crippen molar-refractivity contribution in [3.63, 3.8) is 0 Å². The van der Waals surface area contributed by atoms with Crippen LogP contribution < -0.4 is 20.2 Å². The molecule has 3 aromatic carbocycles. The van der Waals surface area contributed by atoms with E-state index in [4.69, 9.17) is 4.74 Å². The van der Waals surface area contributed by atoms with Gasteiger partial charge in [-0.05, 0) is 55.5 Å². The summed E-state index contributed by atoms with van der Waals surface area (Å²) in [7, 11) is -2.69. The maximum Gasteiger partial charge on any atom is 0.291 e. The fourth-order valence-corrected chi connectivity index (χ4v) is 3.62. The minimum Gasteiger partial charge on any atom is -0.497 e. The Kier molecular flexibility index (Phi) is 7.42. The number of nitrogens with zero attached hydrogens (tertiary/aromatic N) is 1. The van der Waals surface area contributed by atoms with Crippen LogP contribution >= 0.6 is 0 Å². The van der Waals surface area contributed by atoms with Gasteiger partial charge in [0.1, 0.15) is 5.75 Å². The summed E-state index contributed by atoms with van der Waals surface area (Å²) in [6.45, 7) is 1.89. The van der Waals surface area contributed by atoms with E-state index in [-0.39, 0.29) is 4.90 Å². The lowest BCUT2D eigenvalue weighted by Crippen LogP contribution is -2.42. The number of methoxy groups -OCH3 is 1. The van der Waals surface area contributed by atoms with Crippen LogP contribution in [0.25, 0.3) is 0 Å². The van der Waals surface area contributed by atoms with Gasteiger partial charge in [0, 0.05) is 5.69 Å². The van der Waals surface area contributed by atoms with Crippen LogP contribution in [-0.4, -0.2) is 33.1 Å². The van der Waals surface area contributed by atoms with Crippen LogP contribution in [0, 0.1) is 6.92 Å². The number of benzene rings is 3. The summed E-state index contributed by atoms with van der Waals surface area (Å²) >= 11 is 0. The molecule has 0 saturated heterocycles. The van der Waals surface area contributed by atoms with Crippen LogP contribution in [0.2, 0.25) is 0 Å². The Bertz CT molecular complexity index is 1260.